The van der Waals surface area contributed by atoms with Gasteiger partial charge in [0.1, 0.15) is 6.61 Å². The average molecular weight is 392 g/mol. The Balaban J connectivity index is 1.43. The molecule has 2 aliphatic rings. The van der Waals surface area contributed by atoms with Gasteiger partial charge in [0.05, 0.1) is 0 Å². The van der Waals surface area contributed by atoms with Gasteiger partial charge in [-0.1, -0.05) is 55.5 Å². The number of ketones is 1. The summed E-state index contributed by atoms with van der Waals surface area (Å²) in [6.07, 6.45) is 5.20. The maximum Gasteiger partial charge on any atom is 0.410 e. The van der Waals surface area contributed by atoms with Crippen molar-refractivity contribution in [3.63, 3.8) is 0 Å². The van der Waals surface area contributed by atoms with Gasteiger partial charge in [-0.05, 0) is 55.7 Å². The third-order valence-electron chi connectivity index (χ3n) is 6.38. The molecule has 2 heterocycles. The highest BCUT2D eigenvalue weighted by Crippen LogP contribution is 2.38. The van der Waals surface area contributed by atoms with Crippen molar-refractivity contribution in [1.29, 1.82) is 0 Å². The second-order valence-electron chi connectivity index (χ2n) is 8.27. The maximum atomic E-state index is 13.2. The first kappa shape index (κ1) is 19.7. The molecule has 4 heteroatoms. The predicted molar refractivity (Wildman–Crippen MR) is 113 cm³/mol. The van der Waals surface area contributed by atoms with Crippen molar-refractivity contribution in [3.8, 4) is 0 Å². The van der Waals surface area contributed by atoms with Crippen LogP contribution < -0.4 is 0 Å². The zero-order valence-corrected chi connectivity index (χ0v) is 17.0. The van der Waals surface area contributed by atoms with Crippen LogP contribution in [0.15, 0.2) is 54.6 Å². The number of rotatable bonds is 5. The molecule has 29 heavy (non-hydrogen) atoms. The topological polar surface area (TPSA) is 46.6 Å². The highest BCUT2D eigenvalue weighted by molar-refractivity contribution is 5.98. The van der Waals surface area contributed by atoms with E-state index in [1.54, 1.807) is 0 Å². The van der Waals surface area contributed by atoms with Gasteiger partial charge in [0.15, 0.2) is 5.78 Å². The molecule has 0 spiro atoms. The number of carbonyl (C=O) groups excluding carboxylic acids is 2. The summed E-state index contributed by atoms with van der Waals surface area (Å²) in [5.74, 6) is 0.227. The fourth-order valence-electron chi connectivity index (χ4n) is 4.87. The second-order valence-corrected chi connectivity index (χ2v) is 8.27. The second kappa shape index (κ2) is 8.81. The third kappa shape index (κ3) is 4.36. The summed E-state index contributed by atoms with van der Waals surface area (Å²) < 4.78 is 5.62. The number of benzene rings is 2. The number of carbonyl (C=O) groups is 2. The van der Waals surface area contributed by atoms with E-state index in [0.29, 0.717) is 6.61 Å². The monoisotopic (exact) mass is 391 g/mol. The van der Waals surface area contributed by atoms with Gasteiger partial charge in [0.2, 0.25) is 0 Å². The lowest BCUT2D eigenvalue weighted by Crippen LogP contribution is -2.55. The highest BCUT2D eigenvalue weighted by atomic mass is 16.6. The van der Waals surface area contributed by atoms with Crippen LogP contribution in [-0.4, -0.2) is 28.9 Å². The highest BCUT2D eigenvalue weighted by Gasteiger charge is 2.43. The van der Waals surface area contributed by atoms with Crippen LogP contribution in [0.4, 0.5) is 4.79 Å². The molecular formula is C25H29NO3. The summed E-state index contributed by atoms with van der Waals surface area (Å²) in [5.41, 5.74) is 3.00. The van der Waals surface area contributed by atoms with Crippen LogP contribution in [0.2, 0.25) is 0 Å². The van der Waals surface area contributed by atoms with Crippen molar-refractivity contribution < 1.29 is 14.3 Å². The molecule has 0 radical (unpaired) electrons. The number of piperidine rings is 2. The van der Waals surface area contributed by atoms with Crippen molar-refractivity contribution >= 4 is 11.9 Å². The summed E-state index contributed by atoms with van der Waals surface area (Å²) in [7, 11) is 0. The number of aryl methyl sites for hydroxylation is 1. The average Bonchev–Trinajstić information content (AvgIpc) is 2.76. The van der Waals surface area contributed by atoms with E-state index in [0.717, 1.165) is 49.7 Å². The van der Waals surface area contributed by atoms with E-state index < -0.39 is 0 Å². The maximum absolute atomic E-state index is 13.2. The molecule has 2 saturated heterocycles. The van der Waals surface area contributed by atoms with Crippen molar-refractivity contribution in [2.75, 3.05) is 0 Å². The van der Waals surface area contributed by atoms with Gasteiger partial charge in [0.25, 0.3) is 0 Å². The molecule has 0 aliphatic carbocycles. The third-order valence-corrected chi connectivity index (χ3v) is 6.38. The SMILES string of the molecule is CCc1cccc(C(=O)C2CC3CCCC(C2)N3C(=O)OCc2ccccc2)c1. The first-order chi connectivity index (χ1) is 14.2. The lowest BCUT2D eigenvalue weighted by molar-refractivity contribution is 0.00473. The van der Waals surface area contributed by atoms with Crippen LogP contribution in [0.3, 0.4) is 0 Å². The molecule has 4 nitrogen and oxygen atoms in total. The Labute approximate surface area is 172 Å². The van der Waals surface area contributed by atoms with Gasteiger partial charge in [-0.3, -0.25) is 4.79 Å². The van der Waals surface area contributed by atoms with Crippen molar-refractivity contribution in [2.45, 2.75) is 64.1 Å². The Kier molecular flexibility index (Phi) is 5.98. The molecule has 2 bridgehead atoms. The molecule has 2 aliphatic heterocycles. The van der Waals surface area contributed by atoms with E-state index in [1.807, 2.05) is 53.4 Å². The van der Waals surface area contributed by atoms with Crippen molar-refractivity contribution in [2.24, 2.45) is 5.92 Å². The summed E-state index contributed by atoms with van der Waals surface area (Å²) in [5, 5.41) is 0. The quantitative estimate of drug-likeness (QED) is 0.641. The van der Waals surface area contributed by atoms with Gasteiger partial charge < -0.3 is 9.64 Å². The fourth-order valence-corrected chi connectivity index (χ4v) is 4.87. The molecular weight excluding hydrogens is 362 g/mol. The molecule has 2 atom stereocenters. The van der Waals surface area contributed by atoms with Crippen LogP contribution in [0.5, 0.6) is 0 Å². The lowest BCUT2D eigenvalue weighted by atomic mass is 9.75. The minimum atomic E-state index is -0.234. The number of hydrogen-bond donors (Lipinski definition) is 0. The lowest BCUT2D eigenvalue weighted by Gasteiger charge is -2.47. The predicted octanol–water partition coefficient (Wildman–Crippen LogP) is 5.40. The summed E-state index contributed by atoms with van der Waals surface area (Å²) >= 11 is 0. The molecule has 152 valence electrons. The fraction of sp³-hybridized carbons (Fsp3) is 0.440. The number of fused-ring (bicyclic) bond motifs is 2. The van der Waals surface area contributed by atoms with Crippen molar-refractivity contribution in [1.82, 2.24) is 4.90 Å². The molecule has 0 N–H and O–H groups in total. The summed E-state index contributed by atoms with van der Waals surface area (Å²) in [4.78, 5) is 27.9. The first-order valence-corrected chi connectivity index (χ1v) is 10.8. The van der Waals surface area contributed by atoms with E-state index in [1.165, 1.54) is 5.56 Å². The summed E-state index contributed by atoms with van der Waals surface area (Å²) in [6.45, 7) is 2.40. The van der Waals surface area contributed by atoms with Crippen LogP contribution >= 0.6 is 0 Å². The summed E-state index contributed by atoms with van der Waals surface area (Å²) in [6, 6.07) is 18.0. The number of hydrogen-bond acceptors (Lipinski definition) is 3. The molecule has 2 unspecified atom stereocenters. The van der Waals surface area contributed by atoms with E-state index >= 15 is 0 Å². The van der Waals surface area contributed by atoms with Gasteiger partial charge >= 0.3 is 6.09 Å². The largest absolute Gasteiger partial charge is 0.445 e. The standard InChI is InChI=1S/C25H29NO3/c1-2-18-10-6-11-20(14-18)24(27)21-15-22-12-7-13-23(16-21)26(22)25(28)29-17-19-8-4-3-5-9-19/h3-6,8-11,14,21-23H,2,7,12-13,15-17H2,1H3. The van der Waals surface area contributed by atoms with E-state index in [2.05, 4.69) is 13.0 Å². The molecule has 2 aromatic rings. The normalized spacial score (nSPS) is 23.5. The Morgan fingerprint density at radius 1 is 0.966 bits per heavy atom. The molecule has 4 rings (SSSR count). The molecule has 1 amide bonds. The zero-order valence-electron chi connectivity index (χ0n) is 17.0. The van der Waals surface area contributed by atoms with Gasteiger partial charge in [-0.2, -0.15) is 0 Å². The minimum absolute atomic E-state index is 0.00409. The van der Waals surface area contributed by atoms with E-state index in [4.69, 9.17) is 4.74 Å². The van der Waals surface area contributed by atoms with Crippen LogP contribution in [-0.2, 0) is 17.8 Å². The first-order valence-electron chi connectivity index (χ1n) is 10.8. The minimum Gasteiger partial charge on any atom is -0.445 e. The Hall–Kier alpha value is -2.62. The molecule has 0 aromatic heterocycles. The van der Waals surface area contributed by atoms with Crippen molar-refractivity contribution in [3.05, 3.63) is 71.3 Å². The molecule has 0 saturated carbocycles. The van der Waals surface area contributed by atoms with Gasteiger partial charge in [-0.15, -0.1) is 0 Å². The molecule has 2 aromatic carbocycles. The Morgan fingerprint density at radius 3 is 2.34 bits per heavy atom. The smallest absolute Gasteiger partial charge is 0.410 e. The van der Waals surface area contributed by atoms with Crippen LogP contribution in [0, 0.1) is 5.92 Å². The number of Topliss-reactive ketones (excluding diaryl/α,β-unsaturated/α-hetero) is 1. The van der Waals surface area contributed by atoms with E-state index in [9.17, 15) is 9.59 Å². The number of nitrogens with zero attached hydrogens (tertiary/aromatic N) is 1. The van der Waals surface area contributed by atoms with Crippen LogP contribution in [0.25, 0.3) is 0 Å². The Bertz CT molecular complexity index is 849. The number of ether oxygens (including phenoxy) is 1. The van der Waals surface area contributed by atoms with Crippen LogP contribution in [0.1, 0.15) is 60.5 Å². The number of amides is 1. The Morgan fingerprint density at radius 2 is 1.66 bits per heavy atom. The van der Waals surface area contributed by atoms with E-state index in [-0.39, 0.29) is 29.9 Å². The zero-order chi connectivity index (χ0) is 20.2. The van der Waals surface area contributed by atoms with Gasteiger partial charge in [-0.25, -0.2) is 4.79 Å². The molecule has 2 fully saturated rings. The van der Waals surface area contributed by atoms with Gasteiger partial charge in [0, 0.05) is 23.6 Å².